The van der Waals surface area contributed by atoms with E-state index >= 15 is 0 Å². The van der Waals surface area contributed by atoms with E-state index in [9.17, 15) is 13.6 Å². The molecule has 24 heavy (non-hydrogen) atoms. The topological polar surface area (TPSA) is 20.3 Å². The van der Waals surface area contributed by atoms with E-state index in [4.69, 9.17) is 0 Å². The molecule has 2 aromatic carbocycles. The van der Waals surface area contributed by atoms with Crippen molar-refractivity contribution in [2.75, 3.05) is 11.5 Å². The molecule has 1 heterocycles. The van der Waals surface area contributed by atoms with E-state index in [1.165, 1.54) is 11.0 Å². The number of benzene rings is 2. The highest BCUT2D eigenvalue weighted by Gasteiger charge is 2.32. The van der Waals surface area contributed by atoms with Gasteiger partial charge in [-0.25, -0.2) is 8.78 Å². The van der Waals surface area contributed by atoms with Gasteiger partial charge in [0.25, 0.3) is 0 Å². The Hall–Kier alpha value is -1.53. The summed E-state index contributed by atoms with van der Waals surface area (Å²) < 4.78 is 26.5. The molecule has 1 atom stereocenters. The van der Waals surface area contributed by atoms with Crippen molar-refractivity contribution in [2.45, 2.75) is 23.7 Å². The van der Waals surface area contributed by atoms with Crippen molar-refractivity contribution in [2.24, 2.45) is 0 Å². The van der Waals surface area contributed by atoms with Crippen LogP contribution in [0, 0.1) is 11.6 Å². The van der Waals surface area contributed by atoms with Crippen molar-refractivity contribution in [1.29, 1.82) is 0 Å². The van der Waals surface area contributed by atoms with E-state index in [1.54, 1.807) is 28.4 Å². The number of hydrogen-bond acceptors (Lipinski definition) is 3. The first-order chi connectivity index (χ1) is 11.6. The lowest BCUT2D eigenvalue weighted by atomic mass is 10.1. The molecule has 0 N–H and O–H groups in total. The van der Waals surface area contributed by atoms with Crippen LogP contribution in [0.4, 0.5) is 8.78 Å². The summed E-state index contributed by atoms with van der Waals surface area (Å²) >= 11 is 3.33. The van der Waals surface area contributed by atoms with Crippen LogP contribution in [0.2, 0.25) is 0 Å². The molecular weight excluding hydrogens is 348 g/mol. The zero-order chi connectivity index (χ0) is 17.1. The summed E-state index contributed by atoms with van der Waals surface area (Å²) in [5.41, 5.74) is 1.64. The number of carbonyl (C=O) groups excluding carboxylic acids is 1. The molecule has 1 aliphatic rings. The largest absolute Gasteiger partial charge is 0.322 e. The first kappa shape index (κ1) is 17.3. The average Bonchev–Trinajstić information content (AvgIpc) is 2.93. The number of rotatable bonds is 5. The van der Waals surface area contributed by atoms with Gasteiger partial charge in [-0.2, -0.15) is 0 Å². The lowest BCUT2D eigenvalue weighted by molar-refractivity contribution is -0.128. The van der Waals surface area contributed by atoms with Crippen molar-refractivity contribution in [3.8, 4) is 0 Å². The van der Waals surface area contributed by atoms with Crippen LogP contribution in [0.1, 0.15) is 23.4 Å². The van der Waals surface area contributed by atoms with Gasteiger partial charge in [-0.1, -0.05) is 25.1 Å². The third kappa shape index (κ3) is 3.75. The molecule has 0 radical (unpaired) electrons. The van der Waals surface area contributed by atoms with E-state index in [0.29, 0.717) is 11.3 Å². The minimum Gasteiger partial charge on any atom is -0.322 e. The summed E-state index contributed by atoms with van der Waals surface area (Å²) in [4.78, 5) is 15.1. The second kappa shape index (κ2) is 7.57. The third-order valence-corrected chi connectivity index (χ3v) is 5.93. The minimum absolute atomic E-state index is 0.0155. The Kier molecular flexibility index (Phi) is 5.46. The maximum Gasteiger partial charge on any atom is 0.234 e. The highest BCUT2D eigenvalue weighted by atomic mass is 32.2. The predicted molar refractivity (Wildman–Crippen MR) is 94.9 cm³/mol. The zero-order valence-corrected chi connectivity index (χ0v) is 14.8. The van der Waals surface area contributed by atoms with Crippen LogP contribution in [0.5, 0.6) is 0 Å². The van der Waals surface area contributed by atoms with Crippen molar-refractivity contribution < 1.29 is 13.6 Å². The normalized spacial score (nSPS) is 17.5. The molecular formula is C18H17F2NOS2. The third-order valence-electron chi connectivity index (χ3n) is 3.78. The highest BCUT2D eigenvalue weighted by Crippen LogP contribution is 2.40. The van der Waals surface area contributed by atoms with Gasteiger partial charge in [0.1, 0.15) is 5.37 Å². The summed E-state index contributed by atoms with van der Waals surface area (Å²) in [6, 6.07) is 12.0. The van der Waals surface area contributed by atoms with E-state index < -0.39 is 11.6 Å². The predicted octanol–water partition coefficient (Wildman–Crippen LogP) is 4.85. The van der Waals surface area contributed by atoms with Gasteiger partial charge in [0.2, 0.25) is 5.91 Å². The summed E-state index contributed by atoms with van der Waals surface area (Å²) in [5.74, 6) is -0.328. The zero-order valence-electron chi connectivity index (χ0n) is 13.2. The average molecular weight is 365 g/mol. The van der Waals surface area contributed by atoms with Crippen molar-refractivity contribution in [3.05, 3.63) is 65.2 Å². The molecule has 0 spiro atoms. The molecule has 1 amide bonds. The number of amides is 1. The van der Waals surface area contributed by atoms with Gasteiger partial charge in [-0.3, -0.25) is 4.79 Å². The van der Waals surface area contributed by atoms with Crippen LogP contribution in [-0.2, 0) is 11.3 Å². The molecule has 2 nitrogen and oxygen atoms in total. The van der Waals surface area contributed by atoms with Gasteiger partial charge in [0.05, 0.1) is 5.75 Å². The summed E-state index contributed by atoms with van der Waals surface area (Å²) in [7, 11) is 0. The molecule has 0 aromatic heterocycles. The first-order valence-electron chi connectivity index (χ1n) is 7.66. The number of halogens is 2. The molecule has 1 aliphatic heterocycles. The van der Waals surface area contributed by atoms with Crippen LogP contribution in [0.3, 0.4) is 0 Å². The Labute approximate surface area is 148 Å². The maximum absolute atomic E-state index is 13.4. The number of hydrogen-bond donors (Lipinski definition) is 0. The van der Waals surface area contributed by atoms with E-state index in [0.717, 1.165) is 23.4 Å². The smallest absolute Gasteiger partial charge is 0.234 e. The Morgan fingerprint density at radius 2 is 1.92 bits per heavy atom. The van der Waals surface area contributed by atoms with E-state index in [2.05, 4.69) is 19.1 Å². The van der Waals surface area contributed by atoms with Gasteiger partial charge in [0, 0.05) is 11.4 Å². The second-order valence-electron chi connectivity index (χ2n) is 5.44. The fourth-order valence-electron chi connectivity index (χ4n) is 2.63. The number of thioether (sulfide) groups is 2. The molecule has 3 rings (SSSR count). The Bertz CT molecular complexity index is 736. The molecule has 6 heteroatoms. The number of carbonyl (C=O) groups is 1. The standard InChI is InChI=1S/C18H17F2NOS2/c1-2-23-14-6-4-13(5-7-14)18-21(17(22)11-24-18)10-12-3-8-15(19)16(20)9-12/h3-9,18H,2,10-11H2,1H3. The summed E-state index contributed by atoms with van der Waals surface area (Å²) in [6.07, 6.45) is 0. The van der Waals surface area contributed by atoms with Gasteiger partial charge in [-0.05, 0) is 41.1 Å². The SMILES string of the molecule is CCSc1ccc(C2SCC(=O)N2Cc2ccc(F)c(F)c2)cc1. The fraction of sp³-hybridized carbons (Fsp3) is 0.278. The molecule has 1 unspecified atom stereocenters. The summed E-state index contributed by atoms with van der Waals surface area (Å²) in [5, 5.41) is -0.0914. The maximum atomic E-state index is 13.4. The van der Waals surface area contributed by atoms with Crippen LogP contribution in [-0.4, -0.2) is 22.3 Å². The molecule has 0 aliphatic carbocycles. The second-order valence-corrected chi connectivity index (χ2v) is 7.84. The van der Waals surface area contributed by atoms with Crippen LogP contribution >= 0.6 is 23.5 Å². The van der Waals surface area contributed by atoms with Gasteiger partial charge >= 0.3 is 0 Å². The lowest BCUT2D eigenvalue weighted by Gasteiger charge is -2.24. The van der Waals surface area contributed by atoms with Crippen molar-refractivity contribution in [1.82, 2.24) is 4.90 Å². The van der Waals surface area contributed by atoms with Gasteiger partial charge in [-0.15, -0.1) is 23.5 Å². The van der Waals surface area contributed by atoms with Crippen molar-refractivity contribution >= 4 is 29.4 Å². The highest BCUT2D eigenvalue weighted by molar-refractivity contribution is 8.00. The van der Waals surface area contributed by atoms with Crippen LogP contribution in [0.15, 0.2) is 47.4 Å². The quantitative estimate of drug-likeness (QED) is 0.707. The number of nitrogens with zero attached hydrogens (tertiary/aromatic N) is 1. The van der Waals surface area contributed by atoms with Gasteiger partial charge in [0.15, 0.2) is 11.6 Å². The summed E-state index contributed by atoms with van der Waals surface area (Å²) in [6.45, 7) is 2.38. The first-order valence-corrected chi connectivity index (χ1v) is 9.69. The monoisotopic (exact) mass is 365 g/mol. The molecule has 1 fully saturated rings. The molecule has 0 saturated carbocycles. The Balaban J connectivity index is 1.79. The Morgan fingerprint density at radius 1 is 1.17 bits per heavy atom. The molecule has 2 aromatic rings. The molecule has 126 valence electrons. The molecule has 0 bridgehead atoms. The van der Waals surface area contributed by atoms with Gasteiger partial charge < -0.3 is 4.90 Å². The van der Waals surface area contributed by atoms with E-state index in [1.807, 2.05) is 12.1 Å². The van der Waals surface area contributed by atoms with Crippen LogP contribution < -0.4 is 0 Å². The molecule has 1 saturated heterocycles. The van der Waals surface area contributed by atoms with E-state index in [-0.39, 0.29) is 17.8 Å². The minimum atomic E-state index is -0.885. The van der Waals surface area contributed by atoms with Crippen LogP contribution in [0.25, 0.3) is 0 Å². The lowest BCUT2D eigenvalue weighted by Crippen LogP contribution is -2.27. The van der Waals surface area contributed by atoms with Crippen molar-refractivity contribution in [3.63, 3.8) is 0 Å². The Morgan fingerprint density at radius 3 is 2.58 bits per heavy atom. The fourth-order valence-corrected chi connectivity index (χ4v) is 4.48.